The zero-order valence-electron chi connectivity index (χ0n) is 5.67. The topological polar surface area (TPSA) is 38.4 Å². The van der Waals surface area contributed by atoms with Gasteiger partial charge in [0.15, 0.2) is 0 Å². The SMILES string of the molecule is CCC1=CCC(N)N=C1. The molecule has 0 spiro atoms. The van der Waals surface area contributed by atoms with Gasteiger partial charge in [-0.25, -0.2) is 0 Å². The van der Waals surface area contributed by atoms with Crippen molar-refractivity contribution in [2.75, 3.05) is 0 Å². The van der Waals surface area contributed by atoms with Gasteiger partial charge in [-0.2, -0.15) is 0 Å². The fourth-order valence-corrected chi connectivity index (χ4v) is 0.813. The lowest BCUT2D eigenvalue weighted by Crippen LogP contribution is -2.18. The summed E-state index contributed by atoms with van der Waals surface area (Å²) in [5.74, 6) is 0. The molecule has 2 nitrogen and oxygen atoms in total. The second-order valence-electron chi connectivity index (χ2n) is 2.21. The number of nitrogens with zero attached hydrogens (tertiary/aromatic N) is 1. The summed E-state index contributed by atoms with van der Waals surface area (Å²) in [7, 11) is 0. The van der Waals surface area contributed by atoms with E-state index in [9.17, 15) is 0 Å². The van der Waals surface area contributed by atoms with Crippen LogP contribution in [0.2, 0.25) is 0 Å². The van der Waals surface area contributed by atoms with Gasteiger partial charge in [-0.3, -0.25) is 4.99 Å². The molecule has 2 heteroatoms. The number of allylic oxidation sites excluding steroid dienone is 1. The van der Waals surface area contributed by atoms with Crippen LogP contribution in [0.3, 0.4) is 0 Å². The van der Waals surface area contributed by atoms with Gasteiger partial charge in [0.2, 0.25) is 0 Å². The van der Waals surface area contributed by atoms with E-state index in [2.05, 4.69) is 18.0 Å². The highest BCUT2D eigenvalue weighted by Crippen LogP contribution is 2.06. The molecule has 0 bridgehead atoms. The number of aliphatic imine (C=N–C) groups is 1. The molecule has 0 radical (unpaired) electrons. The summed E-state index contributed by atoms with van der Waals surface area (Å²) in [6, 6.07) is 0. The molecule has 0 aromatic rings. The molecule has 9 heavy (non-hydrogen) atoms. The van der Waals surface area contributed by atoms with E-state index >= 15 is 0 Å². The summed E-state index contributed by atoms with van der Waals surface area (Å²) in [6.45, 7) is 2.12. The van der Waals surface area contributed by atoms with Gasteiger partial charge in [-0.1, -0.05) is 13.0 Å². The van der Waals surface area contributed by atoms with E-state index in [1.54, 1.807) is 0 Å². The smallest absolute Gasteiger partial charge is 0.100 e. The largest absolute Gasteiger partial charge is 0.309 e. The minimum atomic E-state index is 0.0142. The van der Waals surface area contributed by atoms with Crippen LogP contribution in [0.15, 0.2) is 16.6 Å². The van der Waals surface area contributed by atoms with Gasteiger partial charge < -0.3 is 5.73 Å². The van der Waals surface area contributed by atoms with Crippen LogP contribution in [0.25, 0.3) is 0 Å². The first-order valence-corrected chi connectivity index (χ1v) is 3.30. The maximum Gasteiger partial charge on any atom is 0.100 e. The van der Waals surface area contributed by atoms with E-state index in [0.717, 1.165) is 12.8 Å². The lowest BCUT2D eigenvalue weighted by atomic mass is 10.1. The highest BCUT2D eigenvalue weighted by molar-refractivity contribution is 5.79. The van der Waals surface area contributed by atoms with Gasteiger partial charge in [-0.05, 0) is 12.0 Å². The predicted molar refractivity (Wildman–Crippen MR) is 39.5 cm³/mol. The Morgan fingerprint density at radius 2 is 2.67 bits per heavy atom. The van der Waals surface area contributed by atoms with Crippen molar-refractivity contribution in [2.45, 2.75) is 25.9 Å². The number of rotatable bonds is 1. The molecular formula is C7H12N2. The third-order valence-electron chi connectivity index (χ3n) is 1.46. The second-order valence-corrected chi connectivity index (χ2v) is 2.21. The molecule has 0 aromatic carbocycles. The van der Waals surface area contributed by atoms with E-state index < -0.39 is 0 Å². The van der Waals surface area contributed by atoms with Gasteiger partial charge in [0.05, 0.1) is 0 Å². The number of hydrogen-bond acceptors (Lipinski definition) is 2. The summed E-state index contributed by atoms with van der Waals surface area (Å²) < 4.78 is 0. The molecule has 1 rings (SSSR count). The van der Waals surface area contributed by atoms with Crippen molar-refractivity contribution < 1.29 is 0 Å². The predicted octanol–water partition coefficient (Wildman–Crippen LogP) is 1.08. The number of hydrogen-bond donors (Lipinski definition) is 1. The van der Waals surface area contributed by atoms with Crippen LogP contribution >= 0.6 is 0 Å². The van der Waals surface area contributed by atoms with Crippen LogP contribution in [-0.4, -0.2) is 12.4 Å². The first-order valence-electron chi connectivity index (χ1n) is 3.30. The number of dihydropyridines is 1. The Balaban J connectivity index is 2.52. The molecule has 0 saturated carbocycles. The van der Waals surface area contributed by atoms with Crippen LogP contribution in [0.1, 0.15) is 19.8 Å². The Labute approximate surface area is 55.5 Å². The Hall–Kier alpha value is -0.630. The quantitative estimate of drug-likeness (QED) is 0.558. The highest BCUT2D eigenvalue weighted by atomic mass is 14.9. The van der Waals surface area contributed by atoms with Crippen LogP contribution in [0.4, 0.5) is 0 Å². The van der Waals surface area contributed by atoms with Crippen molar-refractivity contribution >= 4 is 6.21 Å². The van der Waals surface area contributed by atoms with E-state index in [4.69, 9.17) is 5.73 Å². The van der Waals surface area contributed by atoms with E-state index in [1.807, 2.05) is 6.21 Å². The van der Waals surface area contributed by atoms with Gasteiger partial charge in [0, 0.05) is 12.6 Å². The monoisotopic (exact) mass is 124 g/mol. The third kappa shape index (κ3) is 1.64. The summed E-state index contributed by atoms with van der Waals surface area (Å²) in [5, 5.41) is 0. The van der Waals surface area contributed by atoms with Crippen molar-refractivity contribution in [3.8, 4) is 0 Å². The summed E-state index contributed by atoms with van der Waals surface area (Å²) >= 11 is 0. The Kier molecular flexibility index (Phi) is 2.01. The Morgan fingerprint density at radius 1 is 1.89 bits per heavy atom. The zero-order chi connectivity index (χ0) is 6.69. The van der Waals surface area contributed by atoms with Crippen molar-refractivity contribution in [3.63, 3.8) is 0 Å². The van der Waals surface area contributed by atoms with Crippen LogP contribution < -0.4 is 5.73 Å². The fraction of sp³-hybridized carbons (Fsp3) is 0.571. The molecule has 0 saturated heterocycles. The molecule has 50 valence electrons. The fourth-order valence-electron chi connectivity index (χ4n) is 0.813. The summed E-state index contributed by atoms with van der Waals surface area (Å²) in [4.78, 5) is 4.07. The first kappa shape index (κ1) is 6.49. The normalized spacial score (nSPS) is 26.0. The van der Waals surface area contributed by atoms with Crippen LogP contribution in [-0.2, 0) is 0 Å². The summed E-state index contributed by atoms with van der Waals surface area (Å²) in [6.07, 6.45) is 6.00. The maximum absolute atomic E-state index is 5.51. The molecule has 1 aliphatic rings. The average molecular weight is 124 g/mol. The molecule has 1 atom stereocenters. The first-order chi connectivity index (χ1) is 4.33. The molecule has 0 amide bonds. The number of nitrogens with two attached hydrogens (primary N) is 1. The lowest BCUT2D eigenvalue weighted by Gasteiger charge is -2.08. The van der Waals surface area contributed by atoms with Crippen molar-refractivity contribution in [1.82, 2.24) is 0 Å². The molecule has 1 heterocycles. The standard InChI is InChI=1S/C7H12N2/c1-2-6-3-4-7(8)9-5-6/h3,5,7H,2,4,8H2,1H3. The molecule has 0 aromatic heterocycles. The lowest BCUT2D eigenvalue weighted by molar-refractivity contribution is 0.713. The van der Waals surface area contributed by atoms with E-state index in [0.29, 0.717) is 0 Å². The van der Waals surface area contributed by atoms with Gasteiger partial charge in [0.1, 0.15) is 6.17 Å². The molecular weight excluding hydrogens is 112 g/mol. The molecule has 0 aliphatic carbocycles. The Morgan fingerprint density at radius 3 is 3.11 bits per heavy atom. The molecule has 0 fully saturated rings. The van der Waals surface area contributed by atoms with E-state index in [-0.39, 0.29) is 6.17 Å². The molecule has 2 N–H and O–H groups in total. The average Bonchev–Trinajstić information content (AvgIpc) is 1.90. The molecule has 1 aliphatic heterocycles. The molecule has 1 unspecified atom stereocenters. The van der Waals surface area contributed by atoms with Crippen molar-refractivity contribution in [3.05, 3.63) is 11.6 Å². The Bertz CT molecular complexity index is 147. The van der Waals surface area contributed by atoms with Crippen LogP contribution in [0, 0.1) is 0 Å². The van der Waals surface area contributed by atoms with Crippen molar-refractivity contribution in [2.24, 2.45) is 10.7 Å². The van der Waals surface area contributed by atoms with Gasteiger partial charge in [-0.15, -0.1) is 0 Å². The van der Waals surface area contributed by atoms with Crippen molar-refractivity contribution in [1.29, 1.82) is 0 Å². The zero-order valence-corrected chi connectivity index (χ0v) is 5.67. The maximum atomic E-state index is 5.51. The minimum Gasteiger partial charge on any atom is -0.309 e. The highest BCUT2D eigenvalue weighted by Gasteiger charge is 2.01. The van der Waals surface area contributed by atoms with Gasteiger partial charge in [0.25, 0.3) is 0 Å². The van der Waals surface area contributed by atoms with Crippen LogP contribution in [0.5, 0.6) is 0 Å². The van der Waals surface area contributed by atoms with E-state index in [1.165, 1.54) is 5.57 Å². The minimum absolute atomic E-state index is 0.0142. The third-order valence-corrected chi connectivity index (χ3v) is 1.46. The second kappa shape index (κ2) is 2.78. The van der Waals surface area contributed by atoms with Gasteiger partial charge >= 0.3 is 0 Å². The summed E-state index contributed by atoms with van der Waals surface area (Å²) in [5.41, 5.74) is 6.81.